The Hall–Kier alpha value is -6.33. The third-order valence-electron chi connectivity index (χ3n) is 10.1. The van der Waals surface area contributed by atoms with Gasteiger partial charge in [-0.3, -0.25) is 19.8 Å². The van der Waals surface area contributed by atoms with Crippen molar-refractivity contribution in [1.82, 2.24) is 24.7 Å². The number of ether oxygens (including phenoxy) is 4. The molecule has 4 amide bonds. The molecule has 68 heavy (non-hydrogen) atoms. The number of nitrogens with zero attached hydrogens (tertiary/aromatic N) is 6. The lowest BCUT2D eigenvalue weighted by Crippen LogP contribution is -2.71. The maximum atomic E-state index is 14.3. The van der Waals surface area contributed by atoms with Gasteiger partial charge in [0.05, 0.1) is 7.11 Å². The number of esters is 1. The predicted molar refractivity (Wildman–Crippen MR) is 255 cm³/mol. The molecule has 1 fully saturated rings. The number of benzene rings is 1. The summed E-state index contributed by atoms with van der Waals surface area (Å²) in [5.74, 6) is -2.23. The average molecular weight is 996 g/mol. The van der Waals surface area contributed by atoms with Gasteiger partial charge in [0.2, 0.25) is 11.6 Å². The molecule has 0 spiro atoms. The van der Waals surface area contributed by atoms with Crippen LogP contribution >= 0.6 is 34.7 Å². The summed E-state index contributed by atoms with van der Waals surface area (Å²) < 4.78 is 30.5. The number of halogens is 1. The van der Waals surface area contributed by atoms with Crippen LogP contribution in [0.3, 0.4) is 0 Å². The van der Waals surface area contributed by atoms with Crippen molar-refractivity contribution >= 4 is 101 Å². The van der Waals surface area contributed by atoms with Crippen molar-refractivity contribution in [2.45, 2.75) is 96.9 Å². The highest BCUT2D eigenvalue weighted by atomic mass is 35.5. The fourth-order valence-corrected chi connectivity index (χ4v) is 9.18. The number of hydrogen-bond donors (Lipinski definition) is 2. The number of oxime groups is 1. The second-order valence-corrected chi connectivity index (χ2v) is 20.2. The number of pyridine rings is 1. The maximum absolute atomic E-state index is 14.3. The topological polar surface area (TPSA) is 222 Å². The van der Waals surface area contributed by atoms with Gasteiger partial charge in [-0.2, -0.15) is 4.57 Å². The van der Waals surface area contributed by atoms with Gasteiger partial charge in [0.25, 0.3) is 11.8 Å². The molecule has 0 radical (unpaired) electrons. The van der Waals surface area contributed by atoms with E-state index in [0.717, 1.165) is 30.4 Å². The van der Waals surface area contributed by atoms with E-state index in [-0.39, 0.29) is 39.8 Å². The summed E-state index contributed by atoms with van der Waals surface area (Å²) in [6.07, 6.45) is 1.25. The van der Waals surface area contributed by atoms with Gasteiger partial charge in [0, 0.05) is 49.8 Å². The van der Waals surface area contributed by atoms with E-state index < -0.39 is 70.4 Å². The van der Waals surface area contributed by atoms with Gasteiger partial charge in [-0.05, 0) is 72.2 Å². The number of nitrogens with one attached hydrogen (secondary N) is 2. The first-order chi connectivity index (χ1) is 32.1. The number of methoxy groups -OCH3 is 1. The fourth-order valence-electron chi connectivity index (χ4n) is 6.81. The van der Waals surface area contributed by atoms with Gasteiger partial charge < -0.3 is 43.2 Å². The molecule has 5 heterocycles. The van der Waals surface area contributed by atoms with Crippen LogP contribution in [0, 0.1) is 0 Å². The van der Waals surface area contributed by atoms with Crippen LogP contribution < -0.4 is 19.9 Å². The average Bonchev–Trinajstić information content (AvgIpc) is 3.87. The number of thiazole rings is 1. The minimum Gasteiger partial charge on any atom is -0.541 e. The smallest absolute Gasteiger partial charge is 0.413 e. The number of carbonyl (C=O) groups excluding carboxylic acids is 6. The molecule has 1 aromatic carbocycles. The molecule has 0 aliphatic carbocycles. The van der Waals surface area contributed by atoms with Gasteiger partial charge in [0.15, 0.2) is 23.6 Å². The van der Waals surface area contributed by atoms with E-state index >= 15 is 0 Å². The van der Waals surface area contributed by atoms with E-state index in [2.05, 4.69) is 20.8 Å². The summed E-state index contributed by atoms with van der Waals surface area (Å²) in [5.41, 5.74) is 0.801. The Morgan fingerprint density at radius 3 is 2.43 bits per heavy atom. The Bertz CT molecular complexity index is 2640. The minimum atomic E-state index is -1.27. The van der Waals surface area contributed by atoms with Gasteiger partial charge in [0.1, 0.15) is 56.2 Å². The van der Waals surface area contributed by atoms with Crippen molar-refractivity contribution < 1.29 is 61.8 Å². The van der Waals surface area contributed by atoms with Gasteiger partial charge >= 0.3 is 32.2 Å². The zero-order chi connectivity index (χ0) is 49.7. The molecule has 3 aromatic heterocycles. The molecule has 0 bridgehead atoms. The Kier molecular flexibility index (Phi) is 16.0. The van der Waals surface area contributed by atoms with Crippen molar-refractivity contribution in [3.63, 3.8) is 0 Å². The third-order valence-corrected chi connectivity index (χ3v) is 12.6. The van der Waals surface area contributed by atoms with E-state index in [0.29, 0.717) is 30.0 Å². The standard InChI is InChI=1S/C44H52BClN8O12S2/c1-24(38(57)65-45)66-50-31(30-34(46)68-40(48-30)49-41(59)63-43(2,3)4)35(55)47-32-36(56)54-33(39(58)62-22-25-12-14-27(61-9)15-13-25)26(23-67-37(32)54)21-53-17-10-11-28-29(53)16-18-52(28)20-19-51(8)42(60)64-44(5,6)7/h10-18,24,32,37H,19-23,45H2,1-9H3,(H-,47,48,49,55,59)/p+1/b50-31-/t24-,32?,37?/m0/s1. The van der Waals surface area contributed by atoms with Crippen LogP contribution in [-0.4, -0.2) is 124 Å². The molecule has 2 N–H and O–H groups in total. The molecule has 6 rings (SSSR count). The summed E-state index contributed by atoms with van der Waals surface area (Å²) in [6, 6.07) is 11.6. The highest BCUT2D eigenvalue weighted by Gasteiger charge is 2.55. The van der Waals surface area contributed by atoms with Gasteiger partial charge in [-0.1, -0.05) is 40.2 Å². The van der Waals surface area contributed by atoms with Crippen LogP contribution in [0.15, 0.2) is 71.3 Å². The van der Waals surface area contributed by atoms with Crippen LogP contribution in [0.5, 0.6) is 5.75 Å². The second kappa shape index (κ2) is 21.3. The predicted octanol–water partition coefficient (Wildman–Crippen LogP) is 4.56. The van der Waals surface area contributed by atoms with E-state index in [1.54, 1.807) is 59.2 Å². The molecule has 0 saturated carbocycles. The summed E-state index contributed by atoms with van der Waals surface area (Å²) >= 11 is 8.67. The second-order valence-electron chi connectivity index (χ2n) is 17.5. The number of aromatic nitrogens is 3. The van der Waals surface area contributed by atoms with Crippen LogP contribution in [-0.2, 0) is 62.6 Å². The maximum Gasteiger partial charge on any atom is 0.413 e. The zero-order valence-corrected chi connectivity index (χ0v) is 41.6. The summed E-state index contributed by atoms with van der Waals surface area (Å²) in [4.78, 5) is 92.5. The summed E-state index contributed by atoms with van der Waals surface area (Å²) in [6.45, 7) is 12.8. The van der Waals surface area contributed by atoms with Crippen molar-refractivity contribution in [3.05, 3.63) is 81.7 Å². The molecule has 24 heteroatoms. The number of carbonyl (C=O) groups is 6. The molecule has 2 unspecified atom stereocenters. The monoisotopic (exact) mass is 995 g/mol. The molecular weight excluding hydrogens is 943 g/mol. The Morgan fingerprint density at radius 2 is 1.76 bits per heavy atom. The van der Waals surface area contributed by atoms with Crippen molar-refractivity contribution in [3.8, 4) is 5.75 Å². The number of hydrogen-bond acceptors (Lipinski definition) is 16. The lowest BCUT2D eigenvalue weighted by molar-refractivity contribution is -0.663. The molecule has 2 aliphatic heterocycles. The minimum absolute atomic E-state index is 0.0326. The van der Waals surface area contributed by atoms with Crippen molar-refractivity contribution in [2.24, 2.45) is 5.16 Å². The first kappa shape index (κ1) is 51.1. The normalized spacial score (nSPS) is 16.5. The third kappa shape index (κ3) is 12.4. The van der Waals surface area contributed by atoms with Crippen LogP contribution in [0.2, 0.25) is 4.34 Å². The molecular formula is C44H53BClN8O12S2+. The molecule has 1 saturated heterocycles. The van der Waals surface area contributed by atoms with Crippen LogP contribution in [0.4, 0.5) is 14.7 Å². The number of likely N-dealkylation sites (N-methyl/N-ethyl adjacent to an activating group) is 1. The lowest BCUT2D eigenvalue weighted by Gasteiger charge is -2.49. The lowest BCUT2D eigenvalue weighted by atomic mass is 10.0. The molecule has 20 nitrogen and oxygen atoms in total. The Balaban J connectivity index is 1.27. The SMILES string of the molecule is BOC(=O)[C@H](C)O/N=C(\C(=O)NC1C(=O)N2C(C(=O)OCc3ccc(OC)cc3)=C(C[n+]3cccc4c3ccn4CCN(C)C(=O)OC(C)(C)C)CSC12)c1nc(NC(=O)OC(C)(C)C)sc1Cl. The quantitative estimate of drug-likeness (QED) is 0.0299. The molecule has 2 aliphatic rings. The first-order valence-corrected chi connectivity index (χ1v) is 23.5. The van der Waals surface area contributed by atoms with E-state index in [1.165, 1.54) is 28.5 Å². The Morgan fingerprint density at radius 1 is 1.06 bits per heavy atom. The number of amides is 4. The highest BCUT2D eigenvalue weighted by Crippen LogP contribution is 2.41. The first-order valence-electron chi connectivity index (χ1n) is 21.2. The summed E-state index contributed by atoms with van der Waals surface area (Å²) in [5, 5.41) is 8.26. The van der Waals surface area contributed by atoms with Crippen molar-refractivity contribution in [2.75, 3.05) is 31.8 Å². The number of anilines is 1. The number of thioether (sulfide) groups is 1. The Labute approximate surface area is 406 Å². The van der Waals surface area contributed by atoms with Crippen molar-refractivity contribution in [1.29, 1.82) is 0 Å². The zero-order valence-electron chi connectivity index (χ0n) is 39.2. The van der Waals surface area contributed by atoms with Crippen LogP contribution in [0.1, 0.15) is 59.7 Å². The molecule has 3 atom stereocenters. The molecule has 362 valence electrons. The largest absolute Gasteiger partial charge is 0.541 e. The number of fused-ring (bicyclic) bond motifs is 2. The van der Waals surface area contributed by atoms with Gasteiger partial charge in [-0.15, -0.1) is 11.8 Å². The fraction of sp³-hybridized carbons (Fsp3) is 0.432. The molecule has 4 aromatic rings. The van der Waals surface area contributed by atoms with E-state index in [1.807, 2.05) is 60.5 Å². The summed E-state index contributed by atoms with van der Waals surface area (Å²) in [7, 11) is 4.37. The van der Waals surface area contributed by atoms with E-state index in [4.69, 9.17) is 40.0 Å². The highest BCUT2D eigenvalue weighted by molar-refractivity contribution is 8.00. The number of rotatable bonds is 16. The van der Waals surface area contributed by atoms with Crippen LogP contribution in [0.25, 0.3) is 11.0 Å². The van der Waals surface area contributed by atoms with Gasteiger partial charge in [-0.25, -0.2) is 24.2 Å². The van der Waals surface area contributed by atoms with E-state index in [9.17, 15) is 28.8 Å². The number of β-lactam (4-membered cyclic amide) rings is 1.